The normalized spacial score (nSPS) is 17.4. The van der Waals surface area contributed by atoms with Crippen molar-refractivity contribution in [2.75, 3.05) is 13.1 Å². The van der Waals surface area contributed by atoms with Gasteiger partial charge in [0.1, 0.15) is 0 Å². The number of nitrogens with zero attached hydrogens (tertiary/aromatic N) is 1. The third-order valence-corrected chi connectivity index (χ3v) is 3.97. The van der Waals surface area contributed by atoms with Gasteiger partial charge in [-0.1, -0.05) is 0 Å². The highest BCUT2D eigenvalue weighted by molar-refractivity contribution is 9.10. The lowest BCUT2D eigenvalue weighted by atomic mass is 10.1. The number of likely N-dealkylation sites (tertiary alicyclic amines) is 1. The molecule has 1 aliphatic rings. The minimum Gasteiger partial charge on any atom is -0.393 e. The van der Waals surface area contributed by atoms with Crippen molar-refractivity contribution in [1.29, 1.82) is 0 Å². The summed E-state index contributed by atoms with van der Waals surface area (Å²) in [6.45, 7) is 0.700. The number of piperidine rings is 1. The van der Waals surface area contributed by atoms with Crippen LogP contribution in [0.15, 0.2) is 22.7 Å². The largest absolute Gasteiger partial charge is 0.416 e. The Morgan fingerprint density at radius 2 is 1.90 bits per heavy atom. The minimum atomic E-state index is -4.48. The highest BCUT2D eigenvalue weighted by atomic mass is 79.9. The zero-order chi connectivity index (χ0) is 14.9. The summed E-state index contributed by atoms with van der Waals surface area (Å²) in [6, 6.07) is 3.02. The smallest absolute Gasteiger partial charge is 0.393 e. The van der Waals surface area contributed by atoms with Crippen LogP contribution in [0.4, 0.5) is 13.2 Å². The van der Waals surface area contributed by atoms with Crippen LogP contribution in [0.25, 0.3) is 0 Å². The van der Waals surface area contributed by atoms with Crippen molar-refractivity contribution in [2.45, 2.75) is 25.1 Å². The molecule has 1 aromatic rings. The number of benzene rings is 1. The third-order valence-electron chi connectivity index (χ3n) is 3.28. The number of hydrogen-bond acceptors (Lipinski definition) is 2. The summed E-state index contributed by atoms with van der Waals surface area (Å²) in [5.74, 6) is -0.449. The van der Waals surface area contributed by atoms with E-state index < -0.39 is 23.8 Å². The summed E-state index contributed by atoms with van der Waals surface area (Å²) < 4.78 is 38.4. The molecule has 3 nitrogen and oxygen atoms in total. The molecular weight excluding hydrogens is 339 g/mol. The van der Waals surface area contributed by atoms with E-state index in [1.807, 2.05) is 0 Å². The molecule has 1 saturated heterocycles. The number of amides is 1. The minimum absolute atomic E-state index is 0.00350. The molecule has 1 aromatic carbocycles. The van der Waals surface area contributed by atoms with Gasteiger partial charge in [-0.3, -0.25) is 4.79 Å². The zero-order valence-electron chi connectivity index (χ0n) is 10.5. The first-order chi connectivity index (χ1) is 9.29. The van der Waals surface area contributed by atoms with Gasteiger partial charge < -0.3 is 10.0 Å². The Kier molecular flexibility index (Phi) is 4.39. The van der Waals surface area contributed by atoms with Gasteiger partial charge in [-0.25, -0.2) is 0 Å². The van der Waals surface area contributed by atoms with Crippen molar-refractivity contribution >= 4 is 21.8 Å². The molecule has 0 aromatic heterocycles. The monoisotopic (exact) mass is 351 g/mol. The van der Waals surface area contributed by atoms with E-state index in [0.29, 0.717) is 30.4 Å². The summed E-state index contributed by atoms with van der Waals surface area (Å²) in [7, 11) is 0. The van der Waals surface area contributed by atoms with Gasteiger partial charge in [0.15, 0.2) is 0 Å². The van der Waals surface area contributed by atoms with Gasteiger partial charge in [0.05, 0.1) is 17.2 Å². The van der Waals surface area contributed by atoms with E-state index in [1.165, 1.54) is 11.0 Å². The van der Waals surface area contributed by atoms with Crippen LogP contribution in [-0.2, 0) is 6.18 Å². The quantitative estimate of drug-likeness (QED) is 0.844. The SMILES string of the molecule is O=C(c1cc(C(F)(F)F)ccc1Br)N1CCC(O)CC1. The van der Waals surface area contributed by atoms with Crippen molar-refractivity contribution < 1.29 is 23.1 Å². The van der Waals surface area contributed by atoms with E-state index in [9.17, 15) is 23.1 Å². The Morgan fingerprint density at radius 3 is 2.45 bits per heavy atom. The van der Waals surface area contributed by atoms with E-state index in [2.05, 4.69) is 15.9 Å². The predicted octanol–water partition coefficient (Wildman–Crippen LogP) is 3.06. The number of alkyl halides is 3. The highest BCUT2D eigenvalue weighted by Crippen LogP contribution is 2.32. The summed E-state index contributed by atoms with van der Waals surface area (Å²) in [6.07, 6.45) is -4.03. The lowest BCUT2D eigenvalue weighted by Crippen LogP contribution is -2.40. The summed E-state index contributed by atoms with van der Waals surface area (Å²) in [5, 5.41) is 9.39. The fourth-order valence-corrected chi connectivity index (χ4v) is 2.52. The van der Waals surface area contributed by atoms with Gasteiger partial charge in [-0.05, 0) is 47.0 Å². The maximum atomic E-state index is 12.7. The van der Waals surface area contributed by atoms with E-state index in [1.54, 1.807) is 0 Å². The fourth-order valence-electron chi connectivity index (χ4n) is 2.10. The lowest BCUT2D eigenvalue weighted by molar-refractivity contribution is -0.137. The first kappa shape index (κ1) is 15.3. The predicted molar refractivity (Wildman–Crippen MR) is 70.3 cm³/mol. The van der Waals surface area contributed by atoms with Crippen LogP contribution in [0.5, 0.6) is 0 Å². The molecule has 0 spiro atoms. The van der Waals surface area contributed by atoms with Gasteiger partial charge >= 0.3 is 6.18 Å². The molecule has 0 aliphatic carbocycles. The maximum Gasteiger partial charge on any atom is 0.416 e. The Balaban J connectivity index is 2.25. The van der Waals surface area contributed by atoms with E-state index in [0.717, 1.165) is 12.1 Å². The Hall–Kier alpha value is -1.08. The number of aliphatic hydroxyl groups excluding tert-OH is 1. The number of halogens is 4. The molecule has 0 atom stereocenters. The van der Waals surface area contributed by atoms with Crippen LogP contribution in [0.2, 0.25) is 0 Å². The average molecular weight is 352 g/mol. The highest BCUT2D eigenvalue weighted by Gasteiger charge is 2.32. The maximum absolute atomic E-state index is 12.7. The molecule has 7 heteroatoms. The van der Waals surface area contributed by atoms with Crippen LogP contribution in [-0.4, -0.2) is 35.1 Å². The number of hydrogen-bond donors (Lipinski definition) is 1. The molecule has 1 aliphatic heterocycles. The Bertz CT molecular complexity index is 511. The molecule has 0 unspecified atom stereocenters. The van der Waals surface area contributed by atoms with Crippen molar-refractivity contribution in [2.24, 2.45) is 0 Å². The molecule has 1 amide bonds. The van der Waals surface area contributed by atoms with Gasteiger partial charge in [0.25, 0.3) is 5.91 Å². The van der Waals surface area contributed by atoms with Crippen LogP contribution >= 0.6 is 15.9 Å². The second kappa shape index (κ2) is 5.73. The van der Waals surface area contributed by atoms with Crippen LogP contribution < -0.4 is 0 Å². The van der Waals surface area contributed by atoms with Crippen molar-refractivity contribution in [3.8, 4) is 0 Å². The number of aliphatic hydroxyl groups is 1. The molecule has 1 fully saturated rings. The Morgan fingerprint density at radius 1 is 1.30 bits per heavy atom. The van der Waals surface area contributed by atoms with Gasteiger partial charge in [-0.15, -0.1) is 0 Å². The van der Waals surface area contributed by atoms with Crippen molar-refractivity contribution in [3.63, 3.8) is 0 Å². The van der Waals surface area contributed by atoms with Gasteiger partial charge in [0.2, 0.25) is 0 Å². The van der Waals surface area contributed by atoms with Crippen molar-refractivity contribution in [1.82, 2.24) is 4.90 Å². The Labute approximate surface area is 122 Å². The van der Waals surface area contributed by atoms with E-state index in [4.69, 9.17) is 0 Å². The van der Waals surface area contributed by atoms with E-state index in [-0.39, 0.29) is 5.56 Å². The molecule has 0 bridgehead atoms. The molecule has 0 radical (unpaired) electrons. The average Bonchev–Trinajstić information content (AvgIpc) is 2.38. The summed E-state index contributed by atoms with van der Waals surface area (Å²) >= 11 is 3.11. The number of rotatable bonds is 1. The molecule has 2 rings (SSSR count). The standard InChI is InChI=1S/C13H13BrF3NO2/c14-11-2-1-8(13(15,16)17)7-10(11)12(20)18-5-3-9(19)4-6-18/h1-2,7,9,19H,3-6H2. The van der Waals surface area contributed by atoms with Gasteiger partial charge in [0, 0.05) is 17.6 Å². The summed E-state index contributed by atoms with van der Waals surface area (Å²) in [4.78, 5) is 13.7. The van der Waals surface area contributed by atoms with Crippen LogP contribution in [0, 0.1) is 0 Å². The molecule has 20 heavy (non-hydrogen) atoms. The number of carbonyl (C=O) groups excluding carboxylic acids is 1. The molecular formula is C13H13BrF3NO2. The topological polar surface area (TPSA) is 40.5 Å². The molecule has 110 valence electrons. The number of carbonyl (C=O) groups is 1. The fraction of sp³-hybridized carbons (Fsp3) is 0.462. The van der Waals surface area contributed by atoms with Crippen LogP contribution in [0.1, 0.15) is 28.8 Å². The summed E-state index contributed by atoms with van der Waals surface area (Å²) in [5.41, 5.74) is -0.850. The van der Waals surface area contributed by atoms with E-state index >= 15 is 0 Å². The van der Waals surface area contributed by atoms with Gasteiger partial charge in [-0.2, -0.15) is 13.2 Å². The first-order valence-corrected chi connectivity index (χ1v) is 6.92. The molecule has 1 N–H and O–H groups in total. The second-order valence-corrected chi connectivity index (χ2v) is 5.57. The second-order valence-electron chi connectivity index (χ2n) is 4.72. The molecule has 0 saturated carbocycles. The van der Waals surface area contributed by atoms with Crippen molar-refractivity contribution in [3.05, 3.63) is 33.8 Å². The third kappa shape index (κ3) is 3.32. The first-order valence-electron chi connectivity index (χ1n) is 6.13. The molecule has 1 heterocycles. The lowest BCUT2D eigenvalue weighted by Gasteiger charge is -2.30. The zero-order valence-corrected chi connectivity index (χ0v) is 12.0. The van der Waals surface area contributed by atoms with Crippen LogP contribution in [0.3, 0.4) is 0 Å².